The number of halogens is 1. The van der Waals surface area contributed by atoms with E-state index in [0.29, 0.717) is 36.3 Å². The highest BCUT2D eigenvalue weighted by molar-refractivity contribution is 5.78. The lowest BCUT2D eigenvalue weighted by atomic mass is 9.94. The van der Waals surface area contributed by atoms with Crippen LogP contribution in [0.5, 0.6) is 11.5 Å². The van der Waals surface area contributed by atoms with Gasteiger partial charge in [0.15, 0.2) is 11.5 Å². The van der Waals surface area contributed by atoms with E-state index in [1.165, 1.54) is 20.3 Å². The number of methoxy groups -OCH3 is 2. The molecule has 0 aliphatic carbocycles. The van der Waals surface area contributed by atoms with Crippen molar-refractivity contribution in [3.63, 3.8) is 0 Å². The largest absolute Gasteiger partial charge is 0.493 e. The molecule has 0 spiro atoms. The SMILES string of the molecule is CCCC(=O)CC(C)Cc1cc(OC)c(OC)cc1F. The van der Waals surface area contributed by atoms with Crippen LogP contribution in [0.15, 0.2) is 12.1 Å². The lowest BCUT2D eigenvalue weighted by Gasteiger charge is -2.14. The Kier molecular flexibility index (Phi) is 6.49. The molecule has 1 atom stereocenters. The molecule has 0 aromatic heterocycles. The first-order valence-electron chi connectivity index (χ1n) is 6.93. The van der Waals surface area contributed by atoms with Crippen molar-refractivity contribution in [2.24, 2.45) is 5.92 Å². The fraction of sp³-hybridized carbons (Fsp3) is 0.562. The van der Waals surface area contributed by atoms with Crippen molar-refractivity contribution < 1.29 is 18.7 Å². The molecule has 1 aromatic rings. The van der Waals surface area contributed by atoms with Crippen LogP contribution in [-0.4, -0.2) is 20.0 Å². The standard InChI is InChI=1S/C16H23FO3/c1-5-6-13(18)8-11(2)7-12-9-15(19-3)16(20-4)10-14(12)17/h9-11H,5-8H2,1-4H3. The van der Waals surface area contributed by atoms with Crippen molar-refractivity contribution in [3.8, 4) is 11.5 Å². The molecule has 0 N–H and O–H groups in total. The predicted octanol–water partition coefficient (Wildman–Crippen LogP) is 3.78. The van der Waals surface area contributed by atoms with Gasteiger partial charge in [-0.1, -0.05) is 13.8 Å². The highest BCUT2D eigenvalue weighted by atomic mass is 19.1. The predicted molar refractivity (Wildman–Crippen MR) is 76.9 cm³/mol. The van der Waals surface area contributed by atoms with E-state index in [4.69, 9.17) is 9.47 Å². The maximum atomic E-state index is 14.0. The summed E-state index contributed by atoms with van der Waals surface area (Å²) in [6.45, 7) is 3.94. The average Bonchev–Trinajstić information content (AvgIpc) is 2.40. The lowest BCUT2D eigenvalue weighted by molar-refractivity contribution is -0.119. The van der Waals surface area contributed by atoms with Crippen molar-refractivity contribution in [1.29, 1.82) is 0 Å². The van der Waals surface area contributed by atoms with E-state index in [1.807, 2.05) is 13.8 Å². The number of rotatable bonds is 8. The van der Waals surface area contributed by atoms with Gasteiger partial charge in [-0.25, -0.2) is 4.39 Å². The smallest absolute Gasteiger partial charge is 0.163 e. The lowest BCUT2D eigenvalue weighted by Crippen LogP contribution is -2.09. The molecule has 0 saturated heterocycles. The van der Waals surface area contributed by atoms with Crippen LogP contribution in [0.25, 0.3) is 0 Å². The van der Waals surface area contributed by atoms with Gasteiger partial charge in [-0.05, 0) is 30.4 Å². The Bertz CT molecular complexity index is 457. The normalized spacial score (nSPS) is 12.1. The number of Topliss-reactive ketones (excluding diaryl/α,β-unsaturated/α-hetero) is 1. The molecule has 0 radical (unpaired) electrons. The Morgan fingerprint density at radius 3 is 2.40 bits per heavy atom. The summed E-state index contributed by atoms with van der Waals surface area (Å²) in [5.74, 6) is 0.916. The van der Waals surface area contributed by atoms with Gasteiger partial charge >= 0.3 is 0 Å². The minimum Gasteiger partial charge on any atom is -0.493 e. The summed E-state index contributed by atoms with van der Waals surface area (Å²) < 4.78 is 24.2. The summed E-state index contributed by atoms with van der Waals surface area (Å²) in [6.07, 6.45) is 2.46. The maximum Gasteiger partial charge on any atom is 0.163 e. The molecule has 0 fully saturated rings. The fourth-order valence-electron chi connectivity index (χ4n) is 2.27. The summed E-state index contributed by atoms with van der Waals surface area (Å²) in [4.78, 5) is 11.6. The number of ether oxygens (including phenoxy) is 2. The van der Waals surface area contributed by atoms with Crippen molar-refractivity contribution >= 4 is 5.78 Å². The Balaban J connectivity index is 2.79. The summed E-state index contributed by atoms with van der Waals surface area (Å²) in [5, 5.41) is 0. The van der Waals surface area contributed by atoms with Gasteiger partial charge in [0.1, 0.15) is 11.6 Å². The number of hydrogen-bond acceptors (Lipinski definition) is 3. The van der Waals surface area contributed by atoms with E-state index < -0.39 is 0 Å². The van der Waals surface area contributed by atoms with Crippen molar-refractivity contribution in [1.82, 2.24) is 0 Å². The highest BCUT2D eigenvalue weighted by Crippen LogP contribution is 2.31. The molecule has 3 nitrogen and oxygen atoms in total. The van der Waals surface area contributed by atoms with Crippen LogP contribution >= 0.6 is 0 Å². The summed E-state index contributed by atoms with van der Waals surface area (Å²) in [6, 6.07) is 2.98. The molecule has 0 bridgehead atoms. The van der Waals surface area contributed by atoms with Gasteiger partial charge in [0.2, 0.25) is 0 Å². The van der Waals surface area contributed by atoms with Gasteiger partial charge in [-0.3, -0.25) is 4.79 Å². The van der Waals surface area contributed by atoms with Gasteiger partial charge in [-0.2, -0.15) is 0 Å². The number of benzene rings is 1. The van der Waals surface area contributed by atoms with Gasteiger partial charge in [0.25, 0.3) is 0 Å². The van der Waals surface area contributed by atoms with E-state index in [-0.39, 0.29) is 17.5 Å². The molecule has 1 aromatic carbocycles. The third-order valence-corrected chi connectivity index (χ3v) is 3.23. The van der Waals surface area contributed by atoms with Gasteiger partial charge < -0.3 is 9.47 Å². The summed E-state index contributed by atoms with van der Waals surface area (Å²) >= 11 is 0. The van der Waals surface area contributed by atoms with Crippen LogP contribution in [0, 0.1) is 11.7 Å². The van der Waals surface area contributed by atoms with E-state index in [9.17, 15) is 9.18 Å². The Morgan fingerprint density at radius 1 is 1.25 bits per heavy atom. The minimum absolute atomic E-state index is 0.113. The molecule has 112 valence electrons. The molecule has 1 rings (SSSR count). The Hall–Kier alpha value is -1.58. The van der Waals surface area contributed by atoms with E-state index >= 15 is 0 Å². The number of ketones is 1. The van der Waals surface area contributed by atoms with Crippen LogP contribution in [-0.2, 0) is 11.2 Å². The minimum atomic E-state index is -0.322. The van der Waals surface area contributed by atoms with Crippen LogP contribution in [0.1, 0.15) is 38.7 Å². The van der Waals surface area contributed by atoms with Crippen LogP contribution in [0.3, 0.4) is 0 Å². The molecule has 0 aliphatic heterocycles. The van der Waals surface area contributed by atoms with E-state index in [2.05, 4.69) is 0 Å². The molecular formula is C16H23FO3. The molecule has 0 amide bonds. The van der Waals surface area contributed by atoms with E-state index in [1.54, 1.807) is 6.07 Å². The third kappa shape index (κ3) is 4.51. The molecule has 0 heterocycles. The van der Waals surface area contributed by atoms with Gasteiger partial charge in [0.05, 0.1) is 14.2 Å². The number of carbonyl (C=O) groups excluding carboxylic acids is 1. The van der Waals surface area contributed by atoms with Crippen LogP contribution < -0.4 is 9.47 Å². The van der Waals surface area contributed by atoms with Gasteiger partial charge in [-0.15, -0.1) is 0 Å². The topological polar surface area (TPSA) is 35.5 Å². The van der Waals surface area contributed by atoms with Crippen LogP contribution in [0.2, 0.25) is 0 Å². The molecule has 1 unspecified atom stereocenters. The second kappa shape index (κ2) is 7.88. The first-order valence-corrected chi connectivity index (χ1v) is 6.93. The number of carbonyl (C=O) groups is 1. The second-order valence-electron chi connectivity index (χ2n) is 5.10. The Labute approximate surface area is 120 Å². The van der Waals surface area contributed by atoms with Crippen molar-refractivity contribution in [3.05, 3.63) is 23.5 Å². The maximum absolute atomic E-state index is 14.0. The van der Waals surface area contributed by atoms with Crippen molar-refractivity contribution in [2.75, 3.05) is 14.2 Å². The molecule has 0 aliphatic rings. The number of hydrogen-bond donors (Lipinski definition) is 0. The molecule has 4 heteroatoms. The monoisotopic (exact) mass is 282 g/mol. The zero-order chi connectivity index (χ0) is 15.1. The summed E-state index contributed by atoms with van der Waals surface area (Å²) in [5.41, 5.74) is 0.555. The quantitative estimate of drug-likeness (QED) is 0.728. The van der Waals surface area contributed by atoms with Crippen LogP contribution in [0.4, 0.5) is 4.39 Å². The molecule has 20 heavy (non-hydrogen) atoms. The fourth-order valence-corrected chi connectivity index (χ4v) is 2.27. The van der Waals surface area contributed by atoms with Crippen molar-refractivity contribution in [2.45, 2.75) is 39.5 Å². The molecular weight excluding hydrogens is 259 g/mol. The second-order valence-corrected chi connectivity index (χ2v) is 5.10. The molecule has 0 saturated carbocycles. The first kappa shape index (κ1) is 16.5. The highest BCUT2D eigenvalue weighted by Gasteiger charge is 2.15. The zero-order valence-corrected chi connectivity index (χ0v) is 12.7. The van der Waals surface area contributed by atoms with Gasteiger partial charge in [0, 0.05) is 18.9 Å². The Morgan fingerprint density at radius 2 is 1.85 bits per heavy atom. The summed E-state index contributed by atoms with van der Waals surface area (Å²) in [7, 11) is 3.00. The van der Waals surface area contributed by atoms with E-state index in [0.717, 1.165) is 6.42 Å². The third-order valence-electron chi connectivity index (χ3n) is 3.23. The average molecular weight is 282 g/mol. The zero-order valence-electron chi connectivity index (χ0n) is 12.7. The first-order chi connectivity index (χ1) is 9.51.